The Labute approximate surface area is 148 Å². The Kier molecular flexibility index (Phi) is 5.93. The molecular weight excluding hydrogens is 340 g/mol. The molecule has 132 valence electrons. The SMILES string of the molecule is CCOC(=O)/C=c1\s/c(=C\c2ccc(C)cc2C)c(=O)n1CC(N)=O. The maximum Gasteiger partial charge on any atom is 0.333 e. The third kappa shape index (κ3) is 4.67. The number of amides is 1. The van der Waals surface area contributed by atoms with Crippen molar-refractivity contribution >= 4 is 35.4 Å². The second-order valence-electron chi connectivity index (χ2n) is 5.56. The van der Waals surface area contributed by atoms with Crippen LogP contribution >= 0.6 is 11.3 Å². The number of aryl methyl sites for hydroxylation is 2. The molecule has 0 aliphatic heterocycles. The molecule has 0 spiro atoms. The second kappa shape index (κ2) is 7.94. The van der Waals surface area contributed by atoms with E-state index in [1.54, 1.807) is 13.0 Å². The number of carbonyl (C=O) groups is 2. The van der Waals surface area contributed by atoms with Crippen LogP contribution in [0.2, 0.25) is 0 Å². The normalized spacial score (nSPS) is 12.4. The maximum atomic E-state index is 12.6. The third-order valence-corrected chi connectivity index (χ3v) is 4.55. The Bertz CT molecular complexity index is 985. The highest BCUT2D eigenvalue weighted by molar-refractivity contribution is 7.07. The van der Waals surface area contributed by atoms with Crippen molar-refractivity contribution < 1.29 is 14.3 Å². The Morgan fingerprint density at radius 3 is 2.64 bits per heavy atom. The summed E-state index contributed by atoms with van der Waals surface area (Å²) in [4.78, 5) is 35.6. The molecule has 0 atom stereocenters. The number of esters is 1. The van der Waals surface area contributed by atoms with Crippen LogP contribution in [0.4, 0.5) is 0 Å². The van der Waals surface area contributed by atoms with Crippen LogP contribution in [0.1, 0.15) is 23.6 Å². The molecule has 0 saturated carbocycles. The van der Waals surface area contributed by atoms with Crippen molar-refractivity contribution in [2.45, 2.75) is 27.3 Å². The van der Waals surface area contributed by atoms with Gasteiger partial charge in [0.05, 0.1) is 17.2 Å². The van der Waals surface area contributed by atoms with E-state index in [0.29, 0.717) is 9.20 Å². The summed E-state index contributed by atoms with van der Waals surface area (Å²) in [5.74, 6) is -1.23. The molecule has 7 heteroatoms. The van der Waals surface area contributed by atoms with Gasteiger partial charge in [0.25, 0.3) is 5.56 Å². The predicted molar refractivity (Wildman–Crippen MR) is 97.6 cm³/mol. The first-order valence-corrected chi connectivity index (χ1v) is 8.59. The van der Waals surface area contributed by atoms with Gasteiger partial charge < -0.3 is 10.5 Å². The molecule has 1 aromatic carbocycles. The van der Waals surface area contributed by atoms with E-state index in [4.69, 9.17) is 10.5 Å². The summed E-state index contributed by atoms with van der Waals surface area (Å²) < 4.78 is 6.82. The first kappa shape index (κ1) is 18.7. The first-order chi connectivity index (χ1) is 11.8. The number of aromatic nitrogens is 1. The van der Waals surface area contributed by atoms with Crippen LogP contribution in [-0.4, -0.2) is 23.1 Å². The minimum Gasteiger partial charge on any atom is -0.463 e. The second-order valence-corrected chi connectivity index (χ2v) is 6.63. The highest BCUT2D eigenvalue weighted by Crippen LogP contribution is 2.10. The van der Waals surface area contributed by atoms with Crippen molar-refractivity contribution in [3.05, 3.63) is 54.4 Å². The highest BCUT2D eigenvalue weighted by atomic mass is 32.1. The number of hydrogen-bond acceptors (Lipinski definition) is 5. The molecular formula is C18H20N2O4S. The summed E-state index contributed by atoms with van der Waals surface area (Å²) in [5, 5.41) is 0. The minimum absolute atomic E-state index is 0.225. The van der Waals surface area contributed by atoms with Gasteiger partial charge in [0, 0.05) is 0 Å². The number of thiazole rings is 1. The average Bonchev–Trinajstić information content (AvgIpc) is 2.78. The van der Waals surface area contributed by atoms with Crippen LogP contribution < -0.4 is 20.5 Å². The zero-order valence-corrected chi connectivity index (χ0v) is 15.2. The maximum absolute atomic E-state index is 12.6. The topological polar surface area (TPSA) is 91.4 Å². The monoisotopic (exact) mass is 360 g/mol. The fraction of sp³-hybridized carbons (Fsp3) is 0.278. The van der Waals surface area contributed by atoms with E-state index in [1.807, 2.05) is 32.0 Å². The summed E-state index contributed by atoms with van der Waals surface area (Å²) in [6, 6.07) is 5.91. The Balaban J connectivity index is 2.65. The molecule has 2 rings (SSSR count). The van der Waals surface area contributed by atoms with E-state index < -0.39 is 11.9 Å². The first-order valence-electron chi connectivity index (χ1n) is 7.77. The lowest BCUT2D eigenvalue weighted by atomic mass is 10.1. The lowest BCUT2D eigenvalue weighted by Crippen LogP contribution is -2.36. The molecule has 0 unspecified atom stereocenters. The van der Waals surface area contributed by atoms with E-state index in [9.17, 15) is 14.4 Å². The van der Waals surface area contributed by atoms with Crippen LogP contribution in [0, 0.1) is 13.8 Å². The van der Waals surface area contributed by atoms with Gasteiger partial charge in [-0.15, -0.1) is 11.3 Å². The number of nitrogens with two attached hydrogens (primary N) is 1. The van der Waals surface area contributed by atoms with Crippen molar-refractivity contribution in [1.29, 1.82) is 0 Å². The molecule has 6 nitrogen and oxygen atoms in total. The molecule has 0 aliphatic rings. The summed E-state index contributed by atoms with van der Waals surface area (Å²) in [6.45, 7) is 5.58. The summed E-state index contributed by atoms with van der Waals surface area (Å²) in [7, 11) is 0. The number of benzene rings is 1. The molecule has 1 aromatic heterocycles. The zero-order valence-electron chi connectivity index (χ0n) is 14.4. The van der Waals surface area contributed by atoms with Gasteiger partial charge in [0.15, 0.2) is 0 Å². The van der Waals surface area contributed by atoms with Crippen molar-refractivity contribution in [3.8, 4) is 0 Å². The molecule has 0 fully saturated rings. The minimum atomic E-state index is -0.656. The van der Waals surface area contributed by atoms with Gasteiger partial charge in [-0.3, -0.25) is 14.2 Å². The van der Waals surface area contributed by atoms with Crippen molar-refractivity contribution in [1.82, 2.24) is 4.57 Å². The summed E-state index contributed by atoms with van der Waals surface area (Å²) in [5.41, 5.74) is 7.92. The fourth-order valence-corrected chi connectivity index (χ4v) is 3.38. The Morgan fingerprint density at radius 1 is 1.32 bits per heavy atom. The average molecular weight is 360 g/mol. The molecule has 0 bridgehead atoms. The van der Waals surface area contributed by atoms with Crippen LogP contribution in [0.15, 0.2) is 23.0 Å². The smallest absolute Gasteiger partial charge is 0.333 e. The Hall–Kier alpha value is -2.67. The number of nitrogens with zero attached hydrogens (tertiary/aromatic N) is 1. The van der Waals surface area contributed by atoms with Crippen molar-refractivity contribution in [2.75, 3.05) is 6.61 Å². The number of carbonyl (C=O) groups excluding carboxylic acids is 2. The van der Waals surface area contributed by atoms with Gasteiger partial charge >= 0.3 is 5.97 Å². The van der Waals surface area contributed by atoms with E-state index in [1.165, 1.54) is 10.6 Å². The number of ether oxygens (including phenoxy) is 1. The molecule has 1 amide bonds. The molecule has 0 saturated heterocycles. The van der Waals surface area contributed by atoms with Crippen LogP contribution in [0.25, 0.3) is 12.2 Å². The van der Waals surface area contributed by atoms with Crippen LogP contribution in [-0.2, 0) is 20.9 Å². The van der Waals surface area contributed by atoms with E-state index in [2.05, 4.69) is 0 Å². The standard InChI is InChI=1S/C18H20N2O4S/c1-4-24-17(22)9-16-20(10-15(19)21)18(23)14(25-16)8-13-6-5-11(2)7-12(13)3/h5-9H,4,10H2,1-3H3,(H2,19,21)/b14-8-,16-9-. The van der Waals surface area contributed by atoms with E-state index in [0.717, 1.165) is 28.0 Å². The van der Waals surface area contributed by atoms with Gasteiger partial charge in [-0.05, 0) is 38.0 Å². The molecule has 0 aliphatic carbocycles. The van der Waals surface area contributed by atoms with E-state index in [-0.39, 0.29) is 18.7 Å². The summed E-state index contributed by atoms with van der Waals surface area (Å²) >= 11 is 1.12. The lowest BCUT2D eigenvalue weighted by Gasteiger charge is -2.00. The molecule has 25 heavy (non-hydrogen) atoms. The lowest BCUT2D eigenvalue weighted by molar-refractivity contribution is -0.135. The predicted octanol–water partition coefficient (Wildman–Crippen LogP) is 0.184. The Morgan fingerprint density at radius 2 is 2.04 bits per heavy atom. The quantitative estimate of drug-likeness (QED) is 0.770. The van der Waals surface area contributed by atoms with Crippen LogP contribution in [0.5, 0.6) is 0 Å². The van der Waals surface area contributed by atoms with Crippen LogP contribution in [0.3, 0.4) is 0 Å². The number of hydrogen-bond donors (Lipinski definition) is 1. The van der Waals surface area contributed by atoms with E-state index >= 15 is 0 Å². The molecule has 1 heterocycles. The fourth-order valence-electron chi connectivity index (χ4n) is 2.36. The van der Waals surface area contributed by atoms with Gasteiger partial charge in [-0.25, -0.2) is 4.79 Å². The summed E-state index contributed by atoms with van der Waals surface area (Å²) in [6.07, 6.45) is 2.96. The third-order valence-electron chi connectivity index (χ3n) is 3.49. The van der Waals surface area contributed by atoms with Crippen molar-refractivity contribution in [3.63, 3.8) is 0 Å². The van der Waals surface area contributed by atoms with Gasteiger partial charge in [0.2, 0.25) is 5.91 Å². The molecule has 2 N–H and O–H groups in total. The zero-order chi connectivity index (χ0) is 18.6. The molecule has 0 radical (unpaired) electrons. The molecule has 2 aromatic rings. The van der Waals surface area contributed by atoms with Gasteiger partial charge in [-0.2, -0.15) is 0 Å². The van der Waals surface area contributed by atoms with Gasteiger partial charge in [0.1, 0.15) is 11.2 Å². The largest absolute Gasteiger partial charge is 0.463 e. The van der Waals surface area contributed by atoms with Gasteiger partial charge in [-0.1, -0.05) is 23.8 Å². The van der Waals surface area contributed by atoms with Crippen molar-refractivity contribution in [2.24, 2.45) is 5.73 Å². The number of primary amides is 1. The highest BCUT2D eigenvalue weighted by Gasteiger charge is 2.09. The number of rotatable bonds is 5.